The van der Waals surface area contributed by atoms with Crippen molar-refractivity contribution >= 4 is 21.6 Å². The summed E-state index contributed by atoms with van der Waals surface area (Å²) in [5.41, 5.74) is 1.19. The lowest BCUT2D eigenvalue weighted by atomic mass is 10.4. The molecule has 0 aliphatic rings. The zero-order chi connectivity index (χ0) is 16.0. The van der Waals surface area contributed by atoms with Crippen LogP contribution in [-0.4, -0.2) is 55.7 Å². The Labute approximate surface area is 132 Å². The normalized spacial score (nSPS) is 12.3. The maximum atomic E-state index is 12.7. The van der Waals surface area contributed by atoms with Crippen LogP contribution in [0.15, 0.2) is 4.90 Å². The van der Waals surface area contributed by atoms with Gasteiger partial charge in [-0.05, 0) is 26.7 Å². The fraction of sp³-hybridized carbons (Fsp3) is 0.769. The van der Waals surface area contributed by atoms with Crippen LogP contribution in [0, 0.1) is 13.8 Å². The fourth-order valence-electron chi connectivity index (χ4n) is 2.19. The standard InChI is InChI=1S/C13H24ClN3O3S/c1-11-13(12(2)17(15-11)9-5-7-14)21(18,19)16(3)8-6-10-20-4/h5-10H2,1-4H3. The van der Waals surface area contributed by atoms with Crippen LogP contribution in [0.3, 0.4) is 0 Å². The summed E-state index contributed by atoms with van der Waals surface area (Å²) in [6.45, 7) is 5.08. The van der Waals surface area contributed by atoms with Crippen molar-refractivity contribution in [3.8, 4) is 0 Å². The molecule has 0 saturated heterocycles. The Morgan fingerprint density at radius 2 is 2.00 bits per heavy atom. The third-order valence-electron chi connectivity index (χ3n) is 3.31. The molecule has 0 aliphatic heterocycles. The number of sulfonamides is 1. The molecule has 0 saturated carbocycles. The molecule has 21 heavy (non-hydrogen) atoms. The van der Waals surface area contributed by atoms with Gasteiger partial charge in [-0.15, -0.1) is 11.6 Å². The quantitative estimate of drug-likeness (QED) is 0.509. The Morgan fingerprint density at radius 3 is 2.57 bits per heavy atom. The van der Waals surface area contributed by atoms with E-state index in [1.54, 1.807) is 32.7 Å². The predicted molar refractivity (Wildman–Crippen MR) is 83.3 cm³/mol. The number of aryl methyl sites for hydroxylation is 2. The summed E-state index contributed by atoms with van der Waals surface area (Å²) < 4.78 is 33.3. The minimum absolute atomic E-state index is 0.303. The number of methoxy groups -OCH3 is 1. The van der Waals surface area contributed by atoms with E-state index in [0.29, 0.717) is 48.3 Å². The molecule has 0 aliphatic carbocycles. The van der Waals surface area contributed by atoms with Gasteiger partial charge < -0.3 is 4.74 Å². The third kappa shape index (κ3) is 4.42. The Balaban J connectivity index is 2.99. The van der Waals surface area contributed by atoms with Crippen LogP contribution >= 0.6 is 11.6 Å². The van der Waals surface area contributed by atoms with E-state index >= 15 is 0 Å². The summed E-state index contributed by atoms with van der Waals surface area (Å²) in [6, 6.07) is 0. The lowest BCUT2D eigenvalue weighted by Crippen LogP contribution is -2.29. The zero-order valence-electron chi connectivity index (χ0n) is 13.1. The van der Waals surface area contributed by atoms with Crippen LogP contribution in [0.5, 0.6) is 0 Å². The second-order valence-electron chi connectivity index (χ2n) is 4.94. The molecule has 0 spiro atoms. The highest BCUT2D eigenvalue weighted by Crippen LogP contribution is 2.23. The van der Waals surface area contributed by atoms with Gasteiger partial charge in [-0.25, -0.2) is 12.7 Å². The minimum atomic E-state index is -3.52. The second-order valence-corrected chi connectivity index (χ2v) is 7.30. The smallest absolute Gasteiger partial charge is 0.246 e. The average Bonchev–Trinajstić information content (AvgIpc) is 2.71. The van der Waals surface area contributed by atoms with Gasteiger partial charge in [-0.2, -0.15) is 5.10 Å². The first kappa shape index (κ1) is 18.4. The third-order valence-corrected chi connectivity index (χ3v) is 5.69. The summed E-state index contributed by atoms with van der Waals surface area (Å²) in [5, 5.41) is 4.32. The highest BCUT2D eigenvalue weighted by Gasteiger charge is 2.28. The first-order chi connectivity index (χ1) is 9.86. The zero-order valence-corrected chi connectivity index (χ0v) is 14.7. The molecule has 0 amide bonds. The van der Waals surface area contributed by atoms with E-state index in [2.05, 4.69) is 5.10 Å². The van der Waals surface area contributed by atoms with E-state index in [0.717, 1.165) is 6.42 Å². The molecular formula is C13H24ClN3O3S. The van der Waals surface area contributed by atoms with Crippen molar-refractivity contribution in [2.75, 3.05) is 33.2 Å². The molecule has 0 radical (unpaired) electrons. The summed E-state index contributed by atoms with van der Waals surface area (Å²) in [7, 11) is -0.339. The van der Waals surface area contributed by atoms with Crippen LogP contribution in [0.2, 0.25) is 0 Å². The van der Waals surface area contributed by atoms with Crippen molar-refractivity contribution in [3.63, 3.8) is 0 Å². The number of hydrogen-bond acceptors (Lipinski definition) is 4. The Kier molecular flexibility index (Phi) is 7.12. The van der Waals surface area contributed by atoms with E-state index in [-0.39, 0.29) is 0 Å². The largest absolute Gasteiger partial charge is 0.385 e. The molecule has 1 aromatic rings. The van der Waals surface area contributed by atoms with Gasteiger partial charge in [-0.3, -0.25) is 4.68 Å². The SMILES string of the molecule is COCCCN(C)S(=O)(=O)c1c(C)nn(CCCCl)c1C. The van der Waals surface area contributed by atoms with Crippen LogP contribution < -0.4 is 0 Å². The Hall–Kier alpha value is -0.630. The first-order valence-corrected chi connectivity index (χ1v) is 8.89. The number of alkyl halides is 1. The van der Waals surface area contributed by atoms with Crippen molar-refractivity contribution in [1.82, 2.24) is 14.1 Å². The van der Waals surface area contributed by atoms with Gasteiger partial charge in [0.25, 0.3) is 0 Å². The monoisotopic (exact) mass is 337 g/mol. The van der Waals surface area contributed by atoms with Gasteiger partial charge in [0.2, 0.25) is 10.0 Å². The van der Waals surface area contributed by atoms with Crippen molar-refractivity contribution in [2.45, 2.75) is 38.1 Å². The molecule has 6 nitrogen and oxygen atoms in total. The lowest BCUT2D eigenvalue weighted by Gasteiger charge is -2.17. The average molecular weight is 338 g/mol. The second kappa shape index (κ2) is 8.12. The van der Waals surface area contributed by atoms with Crippen molar-refractivity contribution in [3.05, 3.63) is 11.4 Å². The lowest BCUT2D eigenvalue weighted by molar-refractivity contribution is 0.189. The Bertz CT molecular complexity index is 557. The molecule has 0 bridgehead atoms. The van der Waals surface area contributed by atoms with Gasteiger partial charge in [0.05, 0.1) is 11.4 Å². The van der Waals surface area contributed by atoms with E-state index in [1.165, 1.54) is 4.31 Å². The number of rotatable bonds is 9. The fourth-order valence-corrected chi connectivity index (χ4v) is 3.88. The van der Waals surface area contributed by atoms with E-state index in [4.69, 9.17) is 16.3 Å². The molecule has 1 rings (SSSR count). The van der Waals surface area contributed by atoms with E-state index in [1.807, 2.05) is 0 Å². The first-order valence-electron chi connectivity index (χ1n) is 6.91. The number of nitrogens with zero attached hydrogens (tertiary/aromatic N) is 3. The molecular weight excluding hydrogens is 314 g/mol. The number of halogens is 1. The van der Waals surface area contributed by atoms with Crippen molar-refractivity contribution in [2.24, 2.45) is 0 Å². The highest BCUT2D eigenvalue weighted by molar-refractivity contribution is 7.89. The minimum Gasteiger partial charge on any atom is -0.385 e. The van der Waals surface area contributed by atoms with Crippen LogP contribution in [0.4, 0.5) is 0 Å². The van der Waals surface area contributed by atoms with Crippen LogP contribution in [0.1, 0.15) is 24.2 Å². The van der Waals surface area contributed by atoms with Crippen LogP contribution in [-0.2, 0) is 21.3 Å². The maximum Gasteiger partial charge on any atom is 0.246 e. The van der Waals surface area contributed by atoms with Gasteiger partial charge in [0.1, 0.15) is 4.90 Å². The van der Waals surface area contributed by atoms with Gasteiger partial charge >= 0.3 is 0 Å². The predicted octanol–water partition coefficient (Wildman–Crippen LogP) is 1.79. The van der Waals surface area contributed by atoms with E-state index in [9.17, 15) is 8.42 Å². The van der Waals surface area contributed by atoms with Gasteiger partial charge in [0, 0.05) is 39.7 Å². The Morgan fingerprint density at radius 1 is 1.33 bits per heavy atom. The summed E-state index contributed by atoms with van der Waals surface area (Å²) >= 11 is 5.68. The molecule has 0 fully saturated rings. The molecule has 0 aromatic carbocycles. The molecule has 0 unspecified atom stereocenters. The van der Waals surface area contributed by atoms with Crippen molar-refractivity contribution < 1.29 is 13.2 Å². The molecule has 1 aromatic heterocycles. The summed E-state index contributed by atoms with van der Waals surface area (Å²) in [6.07, 6.45) is 1.41. The molecule has 0 N–H and O–H groups in total. The summed E-state index contributed by atoms with van der Waals surface area (Å²) in [5.74, 6) is 0.525. The van der Waals surface area contributed by atoms with Gasteiger partial charge in [-0.1, -0.05) is 0 Å². The van der Waals surface area contributed by atoms with Crippen molar-refractivity contribution in [1.29, 1.82) is 0 Å². The van der Waals surface area contributed by atoms with Gasteiger partial charge in [0.15, 0.2) is 0 Å². The van der Waals surface area contributed by atoms with Crippen LogP contribution in [0.25, 0.3) is 0 Å². The number of hydrogen-bond donors (Lipinski definition) is 0. The molecule has 122 valence electrons. The topological polar surface area (TPSA) is 64.4 Å². The van der Waals surface area contributed by atoms with E-state index < -0.39 is 10.0 Å². The summed E-state index contributed by atoms with van der Waals surface area (Å²) in [4.78, 5) is 0.303. The number of aromatic nitrogens is 2. The molecule has 1 heterocycles. The molecule has 0 atom stereocenters. The molecule has 8 heteroatoms. The number of ether oxygens (including phenoxy) is 1. The maximum absolute atomic E-state index is 12.7. The highest BCUT2D eigenvalue weighted by atomic mass is 35.5.